The topological polar surface area (TPSA) is 129 Å². The summed E-state index contributed by atoms with van der Waals surface area (Å²) in [6.07, 6.45) is -1.40. The fraction of sp³-hybridized carbons (Fsp3) is 0. The van der Waals surface area contributed by atoms with E-state index in [0.717, 1.165) is 12.1 Å². The van der Waals surface area contributed by atoms with E-state index in [2.05, 4.69) is 0 Å². The first-order valence-electron chi connectivity index (χ1n) is 3.94. The van der Waals surface area contributed by atoms with Crippen molar-refractivity contribution in [1.82, 2.24) is 0 Å². The van der Waals surface area contributed by atoms with E-state index in [1.54, 1.807) is 0 Å². The molecule has 0 spiro atoms. The first-order chi connectivity index (χ1) is 7.84. The zero-order valence-electron chi connectivity index (χ0n) is 7.90. The van der Waals surface area contributed by atoms with Gasteiger partial charge in [-0.2, -0.15) is 11.6 Å². The first kappa shape index (κ1) is 12.6. The molecule has 0 heterocycles. The van der Waals surface area contributed by atoms with Crippen LogP contribution in [0.3, 0.4) is 0 Å². The van der Waals surface area contributed by atoms with Crippen molar-refractivity contribution in [1.29, 1.82) is 0 Å². The summed E-state index contributed by atoms with van der Waals surface area (Å²) in [7, 11) is 0. The Labute approximate surface area is 98.1 Å². The Morgan fingerprint density at radius 1 is 1.06 bits per heavy atom. The van der Waals surface area contributed by atoms with Crippen LogP contribution in [-0.2, 0) is 0 Å². The lowest BCUT2D eigenvalue weighted by molar-refractivity contribution is -0.660. The molecule has 0 aliphatic carbocycles. The van der Waals surface area contributed by atoms with Crippen LogP contribution in [0.25, 0.3) is 0 Å². The summed E-state index contributed by atoms with van der Waals surface area (Å²) in [6.45, 7) is 0. The number of halogens is 1. The third kappa shape index (κ3) is 2.58. The van der Waals surface area contributed by atoms with Crippen molar-refractivity contribution in [3.8, 4) is 0 Å². The van der Waals surface area contributed by atoms with Gasteiger partial charge in [-0.3, -0.25) is 30.3 Å². The van der Waals surface area contributed by atoms with Gasteiger partial charge in [0.1, 0.15) is 0 Å². The van der Waals surface area contributed by atoms with Crippen LogP contribution in [0.2, 0.25) is 5.02 Å². The molecule has 1 aromatic rings. The molecule has 9 nitrogen and oxygen atoms in total. The number of nitro benzene ring substituents is 1. The monoisotopic (exact) mass is 260 g/mol. The molecular formula is C7H3ClN3O6-. The largest absolute Gasteiger partial charge is 0.461 e. The summed E-state index contributed by atoms with van der Waals surface area (Å²) in [5.41, 5.74) is -1.12. The van der Waals surface area contributed by atoms with Gasteiger partial charge in [0.05, 0.1) is 9.85 Å². The Morgan fingerprint density at radius 2 is 1.59 bits per heavy atom. The maximum absolute atomic E-state index is 10.5. The highest BCUT2D eigenvalue weighted by atomic mass is 35.5. The molecule has 90 valence electrons. The summed E-state index contributed by atoms with van der Waals surface area (Å²) >= 11 is 5.53. The normalized spacial score (nSPS) is 9.71. The van der Waals surface area contributed by atoms with Crippen LogP contribution in [0.4, 0.5) is 5.69 Å². The third-order valence-electron chi connectivity index (χ3n) is 1.75. The predicted octanol–water partition coefficient (Wildman–Crippen LogP) is 1.64. The number of rotatable bonds is 4. The number of nitro groups is 3. The lowest BCUT2D eigenvalue weighted by Gasteiger charge is -2.09. The van der Waals surface area contributed by atoms with Gasteiger partial charge in [-0.05, 0) is 16.7 Å². The van der Waals surface area contributed by atoms with E-state index in [1.807, 2.05) is 0 Å². The maximum Gasteiger partial charge on any atom is 0.461 e. The van der Waals surface area contributed by atoms with Gasteiger partial charge < -0.3 is 0 Å². The molecule has 0 N–H and O–H groups in total. The smallest absolute Gasteiger partial charge is 0.265 e. The van der Waals surface area contributed by atoms with Gasteiger partial charge in [0, 0.05) is 4.92 Å². The van der Waals surface area contributed by atoms with E-state index in [9.17, 15) is 30.3 Å². The van der Waals surface area contributed by atoms with E-state index < -0.39 is 32.2 Å². The molecule has 1 aromatic carbocycles. The van der Waals surface area contributed by atoms with Crippen LogP contribution in [0.15, 0.2) is 18.2 Å². The Morgan fingerprint density at radius 3 is 2.00 bits per heavy atom. The summed E-state index contributed by atoms with van der Waals surface area (Å²) in [6, 6.07) is 2.66. The molecule has 0 aliphatic rings. The molecule has 1 rings (SSSR count). The molecule has 17 heavy (non-hydrogen) atoms. The van der Waals surface area contributed by atoms with Crippen LogP contribution >= 0.6 is 11.6 Å². The second-order valence-electron chi connectivity index (χ2n) is 2.76. The molecule has 0 saturated heterocycles. The number of hydrogen-bond donors (Lipinski definition) is 0. The molecule has 0 aromatic heterocycles. The second-order valence-corrected chi connectivity index (χ2v) is 3.17. The molecule has 0 bridgehead atoms. The molecule has 0 unspecified atom stereocenters. The standard InChI is InChI=1S/C7H3ClN3O6/c8-6-2-1-4(9(12)13)3-5(6)7(10(14)15)11(16)17/h1-3H/q-1. The van der Waals surface area contributed by atoms with E-state index in [-0.39, 0.29) is 5.02 Å². The molecule has 0 radical (unpaired) electrons. The highest BCUT2D eigenvalue weighted by molar-refractivity contribution is 6.31. The fourth-order valence-corrected chi connectivity index (χ4v) is 1.26. The molecule has 0 atom stereocenters. The van der Waals surface area contributed by atoms with Crippen LogP contribution < -0.4 is 0 Å². The van der Waals surface area contributed by atoms with Crippen molar-refractivity contribution < 1.29 is 14.8 Å². The van der Waals surface area contributed by atoms with Crippen LogP contribution in [0, 0.1) is 36.5 Å². The SMILES string of the molecule is O=[N+]([O-])c1ccc(Cl)c([C-]([N+](=O)[O-])[N+](=O)[O-])c1. The van der Waals surface area contributed by atoms with Crippen molar-refractivity contribution in [2.45, 2.75) is 0 Å². The Bertz CT molecular complexity index is 490. The molecular weight excluding hydrogens is 258 g/mol. The van der Waals surface area contributed by atoms with E-state index in [0.29, 0.717) is 6.07 Å². The van der Waals surface area contributed by atoms with Crippen molar-refractivity contribution in [3.05, 3.63) is 65.3 Å². The minimum Gasteiger partial charge on any atom is -0.265 e. The summed E-state index contributed by atoms with van der Waals surface area (Å²) in [5, 5.41) is 31.1. The predicted molar refractivity (Wildman–Crippen MR) is 54.4 cm³/mol. The minimum atomic E-state index is -1.40. The molecule has 0 fully saturated rings. The van der Waals surface area contributed by atoms with E-state index >= 15 is 0 Å². The first-order valence-corrected chi connectivity index (χ1v) is 4.32. The van der Waals surface area contributed by atoms with E-state index in [1.165, 1.54) is 0 Å². The van der Waals surface area contributed by atoms with Crippen molar-refractivity contribution >= 4 is 17.3 Å². The lowest BCUT2D eigenvalue weighted by atomic mass is 10.1. The fourth-order valence-electron chi connectivity index (χ4n) is 1.06. The molecule has 0 aliphatic heterocycles. The Balaban J connectivity index is 3.36. The van der Waals surface area contributed by atoms with Gasteiger partial charge in [0.15, 0.2) is 0 Å². The summed E-state index contributed by atoms with van der Waals surface area (Å²) in [5.74, 6) is 0. The molecule has 10 heteroatoms. The van der Waals surface area contributed by atoms with E-state index in [4.69, 9.17) is 11.6 Å². The highest BCUT2D eigenvalue weighted by Gasteiger charge is 2.33. The molecule has 0 amide bonds. The average molecular weight is 261 g/mol. The van der Waals surface area contributed by atoms with Gasteiger partial charge >= 0.3 is 6.17 Å². The Kier molecular flexibility index (Phi) is 3.43. The summed E-state index contributed by atoms with van der Waals surface area (Å²) < 4.78 is 0. The lowest BCUT2D eigenvalue weighted by Crippen LogP contribution is -2.21. The number of benzene rings is 1. The van der Waals surface area contributed by atoms with Crippen LogP contribution in [-0.4, -0.2) is 14.8 Å². The van der Waals surface area contributed by atoms with Crippen LogP contribution in [0.1, 0.15) is 5.56 Å². The maximum atomic E-state index is 10.5. The van der Waals surface area contributed by atoms with Crippen molar-refractivity contribution in [2.24, 2.45) is 0 Å². The summed E-state index contributed by atoms with van der Waals surface area (Å²) in [4.78, 5) is 28.0. The van der Waals surface area contributed by atoms with Crippen molar-refractivity contribution in [2.75, 3.05) is 0 Å². The van der Waals surface area contributed by atoms with Crippen LogP contribution in [0.5, 0.6) is 0 Å². The van der Waals surface area contributed by atoms with Gasteiger partial charge in [0.2, 0.25) is 5.69 Å². The number of nitrogens with zero attached hydrogens (tertiary/aromatic N) is 3. The Hall–Kier alpha value is -2.42. The number of hydrogen-bond acceptors (Lipinski definition) is 6. The molecule has 0 saturated carbocycles. The number of non-ortho nitro benzene ring substituents is 1. The quantitative estimate of drug-likeness (QED) is 0.459. The third-order valence-corrected chi connectivity index (χ3v) is 2.08. The van der Waals surface area contributed by atoms with Gasteiger partial charge in [-0.15, -0.1) is 0 Å². The second kappa shape index (κ2) is 4.61. The zero-order valence-corrected chi connectivity index (χ0v) is 8.66. The average Bonchev–Trinajstić information content (AvgIpc) is 2.19. The van der Waals surface area contributed by atoms with Gasteiger partial charge in [-0.1, -0.05) is 12.1 Å². The highest BCUT2D eigenvalue weighted by Crippen LogP contribution is 2.28. The zero-order chi connectivity index (χ0) is 13.2. The van der Waals surface area contributed by atoms with Gasteiger partial charge in [0.25, 0.3) is 0 Å². The minimum absolute atomic E-state index is 0.306. The van der Waals surface area contributed by atoms with Gasteiger partial charge in [-0.25, -0.2) is 0 Å². The van der Waals surface area contributed by atoms with Crippen molar-refractivity contribution in [3.63, 3.8) is 0 Å².